The molecular weight excluding hydrogens is 286 g/mol. The van der Waals surface area contributed by atoms with Crippen LogP contribution in [-0.4, -0.2) is 12.5 Å². The molecule has 0 aromatic heterocycles. The van der Waals surface area contributed by atoms with Gasteiger partial charge in [-0.1, -0.05) is 30.7 Å². The predicted molar refractivity (Wildman–Crippen MR) is 94.5 cm³/mol. The smallest absolute Gasteiger partial charge is 0.217 e. The van der Waals surface area contributed by atoms with E-state index in [-0.39, 0.29) is 11.3 Å². The average molecular weight is 315 g/mol. The molecule has 3 heteroatoms. The third-order valence-electron chi connectivity index (χ3n) is 4.80. The van der Waals surface area contributed by atoms with Crippen LogP contribution in [0.1, 0.15) is 58.4 Å². The Kier molecular flexibility index (Phi) is 5.86. The Bertz CT molecular complexity index is 571. The number of nitrogens with two attached hydrogens (primary N) is 1. The predicted octanol–water partition coefficient (Wildman–Crippen LogP) is 4.35. The van der Waals surface area contributed by atoms with Gasteiger partial charge in [0.2, 0.25) is 5.91 Å². The van der Waals surface area contributed by atoms with Gasteiger partial charge < -0.3 is 10.5 Å². The Hall–Kier alpha value is -1.77. The van der Waals surface area contributed by atoms with Gasteiger partial charge in [-0.05, 0) is 68.6 Å². The van der Waals surface area contributed by atoms with Crippen LogP contribution in [0.4, 0.5) is 0 Å². The standard InChI is InChI=1S/C20H29NO2/c1-15(2)6-5-13-23-18-8-4-7-17(14-18)20(3,16-9-10-16)12-11-19(21)22/h4,6-8,14,16H,5,9-13H2,1-3H3,(H2,21,22). The number of benzene rings is 1. The summed E-state index contributed by atoms with van der Waals surface area (Å²) in [5.41, 5.74) is 7.97. The largest absolute Gasteiger partial charge is 0.493 e. The molecule has 1 atom stereocenters. The normalized spacial score (nSPS) is 16.5. The number of hydrogen-bond acceptors (Lipinski definition) is 2. The van der Waals surface area contributed by atoms with E-state index in [9.17, 15) is 4.79 Å². The molecule has 1 saturated carbocycles. The molecule has 0 bridgehead atoms. The number of allylic oxidation sites excluding steroid dienone is 1. The molecule has 0 saturated heterocycles. The first kappa shape index (κ1) is 17.6. The maximum Gasteiger partial charge on any atom is 0.217 e. The molecule has 1 unspecified atom stereocenters. The molecule has 0 radical (unpaired) electrons. The van der Waals surface area contributed by atoms with Gasteiger partial charge in [0.1, 0.15) is 5.75 Å². The Morgan fingerprint density at radius 3 is 2.74 bits per heavy atom. The van der Waals surface area contributed by atoms with Crippen LogP contribution in [0.2, 0.25) is 0 Å². The quantitative estimate of drug-likeness (QED) is 0.544. The van der Waals surface area contributed by atoms with Gasteiger partial charge in [0.05, 0.1) is 6.61 Å². The minimum absolute atomic E-state index is 0.0221. The number of rotatable bonds is 9. The second-order valence-corrected chi connectivity index (χ2v) is 7.10. The van der Waals surface area contributed by atoms with Crippen molar-refractivity contribution in [1.29, 1.82) is 0 Å². The number of primary amides is 1. The zero-order valence-electron chi connectivity index (χ0n) is 14.6. The van der Waals surface area contributed by atoms with Crippen molar-refractivity contribution in [2.24, 2.45) is 11.7 Å². The van der Waals surface area contributed by atoms with Gasteiger partial charge in [-0.25, -0.2) is 0 Å². The molecule has 1 aliphatic carbocycles. The van der Waals surface area contributed by atoms with Crippen LogP contribution in [0.25, 0.3) is 0 Å². The van der Waals surface area contributed by atoms with E-state index in [2.05, 4.69) is 45.0 Å². The molecule has 3 nitrogen and oxygen atoms in total. The summed E-state index contributed by atoms with van der Waals surface area (Å²) >= 11 is 0. The first-order chi connectivity index (χ1) is 10.9. The van der Waals surface area contributed by atoms with E-state index in [0.29, 0.717) is 18.9 Å². The number of carbonyl (C=O) groups excluding carboxylic acids is 1. The van der Waals surface area contributed by atoms with Crippen LogP contribution in [-0.2, 0) is 10.2 Å². The number of amides is 1. The maximum atomic E-state index is 11.2. The van der Waals surface area contributed by atoms with Crippen LogP contribution in [0.5, 0.6) is 5.75 Å². The summed E-state index contributed by atoms with van der Waals surface area (Å²) < 4.78 is 5.88. The second-order valence-electron chi connectivity index (χ2n) is 7.10. The van der Waals surface area contributed by atoms with E-state index < -0.39 is 0 Å². The summed E-state index contributed by atoms with van der Waals surface area (Å²) in [6.07, 6.45) is 6.84. The minimum Gasteiger partial charge on any atom is -0.493 e. The first-order valence-corrected chi connectivity index (χ1v) is 8.57. The lowest BCUT2D eigenvalue weighted by Crippen LogP contribution is -2.27. The van der Waals surface area contributed by atoms with Gasteiger partial charge in [0, 0.05) is 6.42 Å². The van der Waals surface area contributed by atoms with Crippen molar-refractivity contribution in [1.82, 2.24) is 0 Å². The summed E-state index contributed by atoms with van der Waals surface area (Å²) in [4.78, 5) is 11.2. The summed E-state index contributed by atoms with van der Waals surface area (Å²) in [6, 6.07) is 8.36. The molecule has 1 fully saturated rings. The fraction of sp³-hybridized carbons (Fsp3) is 0.550. The monoisotopic (exact) mass is 315 g/mol. The highest BCUT2D eigenvalue weighted by Crippen LogP contribution is 2.50. The zero-order chi connectivity index (χ0) is 16.9. The average Bonchev–Trinajstić information content (AvgIpc) is 3.34. The van der Waals surface area contributed by atoms with Gasteiger partial charge in [-0.2, -0.15) is 0 Å². The van der Waals surface area contributed by atoms with Crippen molar-refractivity contribution in [2.45, 2.75) is 58.3 Å². The molecule has 0 spiro atoms. The van der Waals surface area contributed by atoms with E-state index in [4.69, 9.17) is 10.5 Å². The Morgan fingerprint density at radius 2 is 2.13 bits per heavy atom. The Balaban J connectivity index is 2.06. The lowest BCUT2D eigenvalue weighted by Gasteiger charge is -2.30. The topological polar surface area (TPSA) is 52.3 Å². The highest BCUT2D eigenvalue weighted by atomic mass is 16.5. The number of ether oxygens (including phenoxy) is 1. The lowest BCUT2D eigenvalue weighted by molar-refractivity contribution is -0.118. The second kappa shape index (κ2) is 7.67. The van der Waals surface area contributed by atoms with Crippen molar-refractivity contribution in [3.8, 4) is 5.75 Å². The van der Waals surface area contributed by atoms with Crippen LogP contribution < -0.4 is 10.5 Å². The molecule has 0 aliphatic heterocycles. The van der Waals surface area contributed by atoms with Crippen LogP contribution in [0.3, 0.4) is 0 Å². The van der Waals surface area contributed by atoms with Crippen molar-refractivity contribution in [3.05, 3.63) is 41.5 Å². The number of carbonyl (C=O) groups is 1. The summed E-state index contributed by atoms with van der Waals surface area (Å²) in [5, 5.41) is 0. The van der Waals surface area contributed by atoms with E-state index >= 15 is 0 Å². The molecule has 2 rings (SSSR count). The van der Waals surface area contributed by atoms with Crippen LogP contribution in [0.15, 0.2) is 35.9 Å². The van der Waals surface area contributed by atoms with Crippen molar-refractivity contribution >= 4 is 5.91 Å². The number of hydrogen-bond donors (Lipinski definition) is 1. The molecule has 1 aromatic carbocycles. The van der Waals surface area contributed by atoms with Gasteiger partial charge >= 0.3 is 0 Å². The van der Waals surface area contributed by atoms with Crippen LogP contribution in [0, 0.1) is 5.92 Å². The van der Waals surface area contributed by atoms with E-state index in [1.807, 2.05) is 6.07 Å². The zero-order valence-corrected chi connectivity index (χ0v) is 14.6. The third kappa shape index (κ3) is 5.12. The molecule has 1 amide bonds. The highest BCUT2D eigenvalue weighted by molar-refractivity contribution is 5.73. The van der Waals surface area contributed by atoms with E-state index in [0.717, 1.165) is 18.6 Å². The molecule has 23 heavy (non-hydrogen) atoms. The summed E-state index contributed by atoms with van der Waals surface area (Å²) in [7, 11) is 0. The summed E-state index contributed by atoms with van der Waals surface area (Å²) in [5.74, 6) is 1.35. The first-order valence-electron chi connectivity index (χ1n) is 8.57. The Labute approximate surface area is 139 Å². The van der Waals surface area contributed by atoms with Gasteiger partial charge in [0.15, 0.2) is 0 Å². The van der Waals surface area contributed by atoms with Crippen molar-refractivity contribution in [3.63, 3.8) is 0 Å². The van der Waals surface area contributed by atoms with Gasteiger partial charge in [0.25, 0.3) is 0 Å². The third-order valence-corrected chi connectivity index (χ3v) is 4.80. The van der Waals surface area contributed by atoms with Crippen LogP contribution >= 0.6 is 0 Å². The molecule has 0 heterocycles. The lowest BCUT2D eigenvalue weighted by atomic mass is 9.74. The van der Waals surface area contributed by atoms with E-state index in [1.165, 1.54) is 24.0 Å². The summed E-state index contributed by atoms with van der Waals surface area (Å²) in [6.45, 7) is 7.15. The van der Waals surface area contributed by atoms with Gasteiger partial charge in [-0.15, -0.1) is 0 Å². The molecule has 126 valence electrons. The molecular formula is C20H29NO2. The van der Waals surface area contributed by atoms with E-state index in [1.54, 1.807) is 0 Å². The SMILES string of the molecule is CC(C)=CCCOc1cccc(C(C)(CCC(N)=O)C2CC2)c1. The minimum atomic E-state index is -0.217. The maximum absolute atomic E-state index is 11.2. The fourth-order valence-electron chi connectivity index (χ4n) is 3.15. The fourth-order valence-corrected chi connectivity index (χ4v) is 3.15. The molecule has 1 aromatic rings. The molecule has 2 N–H and O–H groups in total. The van der Waals surface area contributed by atoms with Crippen molar-refractivity contribution in [2.75, 3.05) is 6.61 Å². The molecule has 1 aliphatic rings. The van der Waals surface area contributed by atoms with Crippen molar-refractivity contribution < 1.29 is 9.53 Å². The Morgan fingerprint density at radius 1 is 1.39 bits per heavy atom. The highest BCUT2D eigenvalue weighted by Gasteiger charge is 2.42. The van der Waals surface area contributed by atoms with Gasteiger partial charge in [-0.3, -0.25) is 4.79 Å².